The van der Waals surface area contributed by atoms with Crippen LogP contribution >= 0.6 is 0 Å². The zero-order valence-corrected chi connectivity index (χ0v) is 10.2. The largest absolute Gasteiger partial charge is 0.388 e. The molecule has 2 heteroatoms. The summed E-state index contributed by atoms with van der Waals surface area (Å²) in [5, 5.41) is 10.8. The maximum Gasteiger partial charge on any atom is 0.141 e. The van der Waals surface area contributed by atoms with E-state index in [2.05, 4.69) is 12.1 Å². The molecule has 0 bridgehead atoms. The Morgan fingerprint density at radius 3 is 2.53 bits per heavy atom. The summed E-state index contributed by atoms with van der Waals surface area (Å²) in [6.07, 6.45) is 3.53. The van der Waals surface area contributed by atoms with E-state index >= 15 is 0 Å². The molecule has 0 spiro atoms. The predicted molar refractivity (Wildman–Crippen MR) is 65.8 cm³/mol. The first-order chi connectivity index (χ1) is 8.05. The van der Waals surface area contributed by atoms with E-state index < -0.39 is 11.0 Å². The molecule has 0 aliphatic heterocycles. The molecule has 0 amide bonds. The first-order valence-corrected chi connectivity index (χ1v) is 6.38. The summed E-state index contributed by atoms with van der Waals surface area (Å²) in [6, 6.07) is 8.18. The van der Waals surface area contributed by atoms with E-state index in [9.17, 15) is 9.90 Å². The third-order valence-corrected chi connectivity index (χ3v) is 4.78. The number of rotatable bonds is 0. The molecule has 3 rings (SSSR count). The summed E-state index contributed by atoms with van der Waals surface area (Å²) in [6.45, 7) is 1.95. The number of carbonyl (C=O) groups is 1. The van der Waals surface area contributed by atoms with Gasteiger partial charge in [0, 0.05) is 12.8 Å². The third kappa shape index (κ3) is 1.40. The average Bonchev–Trinajstić information content (AvgIpc) is 2.29. The lowest BCUT2D eigenvalue weighted by molar-refractivity contribution is -0.157. The number of hydrogen-bond acceptors (Lipinski definition) is 2. The number of carbonyl (C=O) groups excluding carboxylic acids is 1. The molecule has 17 heavy (non-hydrogen) atoms. The molecule has 1 fully saturated rings. The summed E-state index contributed by atoms with van der Waals surface area (Å²) in [7, 11) is 0. The smallest absolute Gasteiger partial charge is 0.141 e. The van der Waals surface area contributed by atoms with Gasteiger partial charge in [-0.05, 0) is 37.3 Å². The highest BCUT2D eigenvalue weighted by atomic mass is 16.3. The van der Waals surface area contributed by atoms with Gasteiger partial charge in [0.05, 0.1) is 11.0 Å². The van der Waals surface area contributed by atoms with E-state index in [0.29, 0.717) is 19.3 Å². The Bertz CT molecular complexity index is 480. The molecule has 2 atom stereocenters. The number of aliphatic hydroxyl groups is 1. The molecule has 0 unspecified atom stereocenters. The van der Waals surface area contributed by atoms with Crippen molar-refractivity contribution in [1.29, 1.82) is 0 Å². The second-order valence-electron chi connectivity index (χ2n) is 5.76. The number of Topliss-reactive ketones (excluding diaryl/α,β-unsaturated/α-hetero) is 1. The van der Waals surface area contributed by atoms with E-state index in [0.717, 1.165) is 12.8 Å². The third-order valence-electron chi connectivity index (χ3n) is 4.78. The SMILES string of the molecule is C[C@@]12Cc3ccccc3C[C@]1(O)CCCC2=O. The summed E-state index contributed by atoms with van der Waals surface area (Å²) in [5.41, 5.74) is 1.05. The molecule has 0 aromatic heterocycles. The van der Waals surface area contributed by atoms with Crippen molar-refractivity contribution in [2.45, 2.75) is 44.6 Å². The minimum atomic E-state index is -0.823. The van der Waals surface area contributed by atoms with Crippen molar-refractivity contribution in [3.8, 4) is 0 Å². The lowest BCUT2D eigenvalue weighted by Gasteiger charge is -2.50. The van der Waals surface area contributed by atoms with E-state index in [-0.39, 0.29) is 5.78 Å². The fourth-order valence-electron chi connectivity index (χ4n) is 3.50. The van der Waals surface area contributed by atoms with Crippen LogP contribution in [0.1, 0.15) is 37.3 Å². The van der Waals surface area contributed by atoms with Gasteiger partial charge in [-0.15, -0.1) is 0 Å². The van der Waals surface area contributed by atoms with Gasteiger partial charge in [-0.2, -0.15) is 0 Å². The van der Waals surface area contributed by atoms with E-state index in [1.165, 1.54) is 11.1 Å². The second kappa shape index (κ2) is 3.42. The Labute approximate surface area is 102 Å². The van der Waals surface area contributed by atoms with Crippen LogP contribution in [0.15, 0.2) is 24.3 Å². The molecule has 0 saturated heterocycles. The van der Waals surface area contributed by atoms with Crippen LogP contribution in [0.5, 0.6) is 0 Å². The number of benzene rings is 1. The van der Waals surface area contributed by atoms with Gasteiger partial charge >= 0.3 is 0 Å². The molecule has 2 aliphatic carbocycles. The summed E-state index contributed by atoms with van der Waals surface area (Å²) >= 11 is 0. The quantitative estimate of drug-likeness (QED) is 0.742. The van der Waals surface area contributed by atoms with Crippen LogP contribution < -0.4 is 0 Å². The Morgan fingerprint density at radius 1 is 1.18 bits per heavy atom. The van der Waals surface area contributed by atoms with Crippen LogP contribution in [0.2, 0.25) is 0 Å². The number of ketones is 1. The van der Waals surface area contributed by atoms with Crippen molar-refractivity contribution in [3.05, 3.63) is 35.4 Å². The predicted octanol–water partition coefficient (Wildman–Crippen LogP) is 2.28. The summed E-state index contributed by atoms with van der Waals surface area (Å²) in [4.78, 5) is 12.2. The molecular weight excluding hydrogens is 212 g/mol. The zero-order valence-electron chi connectivity index (χ0n) is 10.2. The number of hydrogen-bond donors (Lipinski definition) is 1. The van der Waals surface area contributed by atoms with Gasteiger partial charge in [0.15, 0.2) is 0 Å². The second-order valence-corrected chi connectivity index (χ2v) is 5.76. The minimum Gasteiger partial charge on any atom is -0.388 e. The molecule has 1 aromatic carbocycles. The molecule has 1 aromatic rings. The average molecular weight is 230 g/mol. The van der Waals surface area contributed by atoms with Gasteiger partial charge < -0.3 is 5.11 Å². The van der Waals surface area contributed by atoms with Gasteiger partial charge in [-0.1, -0.05) is 24.3 Å². The highest BCUT2D eigenvalue weighted by Gasteiger charge is 2.55. The Hall–Kier alpha value is -1.15. The molecule has 90 valence electrons. The first kappa shape index (κ1) is 11.0. The maximum absolute atomic E-state index is 12.2. The molecule has 2 nitrogen and oxygen atoms in total. The highest BCUT2D eigenvalue weighted by molar-refractivity contribution is 5.87. The van der Waals surface area contributed by atoms with E-state index in [1.807, 2.05) is 19.1 Å². The molecule has 2 aliphatic rings. The maximum atomic E-state index is 12.2. The van der Waals surface area contributed by atoms with Crippen LogP contribution in [-0.2, 0) is 17.6 Å². The minimum absolute atomic E-state index is 0.237. The fourth-order valence-corrected chi connectivity index (χ4v) is 3.50. The Morgan fingerprint density at radius 2 is 1.82 bits per heavy atom. The van der Waals surface area contributed by atoms with Crippen LogP contribution in [0.25, 0.3) is 0 Å². The van der Waals surface area contributed by atoms with Crippen LogP contribution in [0.3, 0.4) is 0 Å². The molecular formula is C15H18O2. The van der Waals surface area contributed by atoms with Gasteiger partial charge in [-0.3, -0.25) is 4.79 Å². The van der Waals surface area contributed by atoms with E-state index in [4.69, 9.17) is 0 Å². The Balaban J connectivity index is 2.11. The van der Waals surface area contributed by atoms with Crippen molar-refractivity contribution in [2.75, 3.05) is 0 Å². The van der Waals surface area contributed by atoms with Crippen LogP contribution in [0, 0.1) is 5.41 Å². The lowest BCUT2D eigenvalue weighted by atomic mass is 9.56. The lowest BCUT2D eigenvalue weighted by Crippen LogP contribution is -2.58. The molecule has 0 radical (unpaired) electrons. The zero-order chi connectivity index (χ0) is 12.1. The van der Waals surface area contributed by atoms with Crippen molar-refractivity contribution >= 4 is 5.78 Å². The standard InChI is InChI=1S/C15H18O2/c1-14-9-11-5-2-3-6-12(11)10-15(14,17)8-4-7-13(14)16/h2-3,5-6,17H,4,7-10H2,1H3/t14-,15+/m0/s1. The van der Waals surface area contributed by atoms with E-state index in [1.54, 1.807) is 0 Å². The van der Waals surface area contributed by atoms with Crippen molar-refractivity contribution < 1.29 is 9.90 Å². The normalized spacial score (nSPS) is 36.2. The number of fused-ring (bicyclic) bond motifs is 2. The highest BCUT2D eigenvalue weighted by Crippen LogP contribution is 2.49. The van der Waals surface area contributed by atoms with Gasteiger partial charge in [-0.25, -0.2) is 0 Å². The Kier molecular flexibility index (Phi) is 2.21. The molecule has 1 saturated carbocycles. The first-order valence-electron chi connectivity index (χ1n) is 6.38. The van der Waals surface area contributed by atoms with Crippen molar-refractivity contribution in [2.24, 2.45) is 5.41 Å². The fraction of sp³-hybridized carbons (Fsp3) is 0.533. The van der Waals surface area contributed by atoms with Gasteiger partial charge in [0.25, 0.3) is 0 Å². The van der Waals surface area contributed by atoms with Crippen molar-refractivity contribution in [3.63, 3.8) is 0 Å². The van der Waals surface area contributed by atoms with Crippen molar-refractivity contribution in [1.82, 2.24) is 0 Å². The summed E-state index contributed by atoms with van der Waals surface area (Å²) in [5.74, 6) is 0.237. The van der Waals surface area contributed by atoms with Crippen LogP contribution in [0.4, 0.5) is 0 Å². The molecule has 0 heterocycles. The summed E-state index contributed by atoms with van der Waals surface area (Å²) < 4.78 is 0. The molecule has 1 N–H and O–H groups in total. The topological polar surface area (TPSA) is 37.3 Å². The monoisotopic (exact) mass is 230 g/mol. The van der Waals surface area contributed by atoms with Gasteiger partial charge in [0.2, 0.25) is 0 Å². The van der Waals surface area contributed by atoms with Gasteiger partial charge in [0.1, 0.15) is 5.78 Å². The van der Waals surface area contributed by atoms with Crippen LogP contribution in [-0.4, -0.2) is 16.5 Å².